The van der Waals surface area contributed by atoms with Crippen LogP contribution in [0.25, 0.3) is 11.5 Å². The van der Waals surface area contributed by atoms with E-state index in [2.05, 4.69) is 15.4 Å². The highest BCUT2D eigenvalue weighted by Crippen LogP contribution is 2.23. The zero-order valence-electron chi connectivity index (χ0n) is 16.2. The van der Waals surface area contributed by atoms with Crippen molar-refractivity contribution in [3.63, 3.8) is 0 Å². The standard InChI is InChI=1S/C22H21F2N5/c1-15(26-13-18-6-5-11-28(18)22-7-3-4-10-25-22)19-14-27-29(16(19)2)21-9-8-17(23)12-20(21)24/h3-12,14-15,26H,13H2,1-2H3. The first-order valence-electron chi connectivity index (χ1n) is 9.35. The smallest absolute Gasteiger partial charge is 0.151 e. The molecule has 0 fully saturated rings. The molecule has 1 aromatic carbocycles. The summed E-state index contributed by atoms with van der Waals surface area (Å²) >= 11 is 0. The zero-order chi connectivity index (χ0) is 20.4. The van der Waals surface area contributed by atoms with Crippen molar-refractivity contribution in [2.75, 3.05) is 0 Å². The lowest BCUT2D eigenvalue weighted by atomic mass is 10.1. The molecule has 29 heavy (non-hydrogen) atoms. The molecule has 0 radical (unpaired) electrons. The van der Waals surface area contributed by atoms with Crippen LogP contribution in [0.2, 0.25) is 0 Å². The average Bonchev–Trinajstić information content (AvgIpc) is 3.34. The number of rotatable bonds is 6. The summed E-state index contributed by atoms with van der Waals surface area (Å²) in [6, 6.07) is 13.3. The van der Waals surface area contributed by atoms with Gasteiger partial charge in [-0.2, -0.15) is 5.10 Å². The fourth-order valence-corrected chi connectivity index (χ4v) is 3.39. The van der Waals surface area contributed by atoms with Gasteiger partial charge in [-0.15, -0.1) is 0 Å². The molecule has 0 bridgehead atoms. The number of aromatic nitrogens is 4. The molecule has 1 unspecified atom stereocenters. The summed E-state index contributed by atoms with van der Waals surface area (Å²) in [6.07, 6.45) is 5.46. The van der Waals surface area contributed by atoms with Crippen LogP contribution in [0.15, 0.2) is 67.1 Å². The molecule has 0 aliphatic heterocycles. The van der Waals surface area contributed by atoms with Gasteiger partial charge in [0.1, 0.15) is 17.3 Å². The third-order valence-electron chi connectivity index (χ3n) is 4.97. The van der Waals surface area contributed by atoms with Gasteiger partial charge in [-0.05, 0) is 50.2 Å². The number of pyridine rings is 1. The van der Waals surface area contributed by atoms with Crippen LogP contribution in [-0.2, 0) is 6.54 Å². The van der Waals surface area contributed by atoms with Crippen molar-refractivity contribution in [3.05, 3.63) is 95.7 Å². The number of benzene rings is 1. The second kappa shape index (κ2) is 7.97. The van der Waals surface area contributed by atoms with Crippen molar-refractivity contribution in [1.82, 2.24) is 24.6 Å². The third kappa shape index (κ3) is 3.82. The van der Waals surface area contributed by atoms with Gasteiger partial charge in [-0.25, -0.2) is 18.4 Å². The Morgan fingerprint density at radius 1 is 1.10 bits per heavy atom. The van der Waals surface area contributed by atoms with Crippen LogP contribution in [0.4, 0.5) is 8.78 Å². The van der Waals surface area contributed by atoms with Crippen LogP contribution in [0.1, 0.15) is 29.9 Å². The highest BCUT2D eigenvalue weighted by molar-refractivity contribution is 5.37. The highest BCUT2D eigenvalue weighted by Gasteiger charge is 2.17. The first-order chi connectivity index (χ1) is 14.0. The van der Waals surface area contributed by atoms with Crippen molar-refractivity contribution < 1.29 is 8.78 Å². The third-order valence-corrected chi connectivity index (χ3v) is 4.97. The summed E-state index contributed by atoms with van der Waals surface area (Å²) in [5, 5.41) is 7.79. The van der Waals surface area contributed by atoms with Gasteiger partial charge in [0.25, 0.3) is 0 Å². The molecule has 4 rings (SSSR count). The van der Waals surface area contributed by atoms with Crippen LogP contribution in [0, 0.1) is 18.6 Å². The Morgan fingerprint density at radius 3 is 2.72 bits per heavy atom. The van der Waals surface area contributed by atoms with Crippen molar-refractivity contribution in [2.45, 2.75) is 26.4 Å². The number of nitrogens with one attached hydrogen (secondary N) is 1. The van der Waals surface area contributed by atoms with Gasteiger partial charge in [0.05, 0.1) is 6.20 Å². The Kier molecular flexibility index (Phi) is 5.22. The Morgan fingerprint density at radius 2 is 1.97 bits per heavy atom. The molecule has 0 aliphatic rings. The maximum absolute atomic E-state index is 14.1. The second-order valence-corrected chi connectivity index (χ2v) is 6.85. The van der Waals surface area contributed by atoms with Gasteiger partial charge in [-0.3, -0.25) is 0 Å². The Labute approximate surface area is 167 Å². The molecule has 4 aromatic rings. The summed E-state index contributed by atoms with van der Waals surface area (Å²) in [6.45, 7) is 4.53. The number of hydrogen-bond acceptors (Lipinski definition) is 3. The van der Waals surface area contributed by atoms with Gasteiger partial charge in [0.2, 0.25) is 0 Å². The summed E-state index contributed by atoms with van der Waals surface area (Å²) in [4.78, 5) is 4.39. The van der Waals surface area contributed by atoms with Crippen molar-refractivity contribution in [1.29, 1.82) is 0 Å². The minimum atomic E-state index is -0.642. The number of hydrogen-bond donors (Lipinski definition) is 1. The van der Waals surface area contributed by atoms with E-state index in [0.29, 0.717) is 6.54 Å². The van der Waals surface area contributed by atoms with Crippen molar-refractivity contribution >= 4 is 0 Å². The van der Waals surface area contributed by atoms with Crippen LogP contribution >= 0.6 is 0 Å². The van der Waals surface area contributed by atoms with E-state index in [9.17, 15) is 8.78 Å². The lowest BCUT2D eigenvalue weighted by Crippen LogP contribution is -2.20. The minimum absolute atomic E-state index is 0.0145. The Balaban J connectivity index is 1.51. The van der Waals surface area contributed by atoms with Gasteiger partial charge in [0.15, 0.2) is 5.82 Å². The second-order valence-electron chi connectivity index (χ2n) is 6.85. The molecule has 0 saturated heterocycles. The maximum atomic E-state index is 14.1. The van der Waals surface area contributed by atoms with Crippen molar-refractivity contribution in [2.24, 2.45) is 0 Å². The molecule has 3 aromatic heterocycles. The Hall–Kier alpha value is -3.32. The molecular formula is C22H21F2N5. The molecule has 5 nitrogen and oxygen atoms in total. The summed E-state index contributed by atoms with van der Waals surface area (Å²) in [5.74, 6) is -0.392. The molecule has 148 valence electrons. The van der Waals surface area contributed by atoms with Crippen LogP contribution in [0.3, 0.4) is 0 Å². The van der Waals surface area contributed by atoms with Gasteiger partial charge in [-0.1, -0.05) is 6.07 Å². The van der Waals surface area contributed by atoms with E-state index < -0.39 is 11.6 Å². The van der Waals surface area contributed by atoms with Crippen LogP contribution in [-0.4, -0.2) is 19.3 Å². The zero-order valence-corrected chi connectivity index (χ0v) is 16.2. The van der Waals surface area contributed by atoms with E-state index in [4.69, 9.17) is 0 Å². The topological polar surface area (TPSA) is 47.7 Å². The molecule has 0 saturated carbocycles. The molecule has 0 amide bonds. The molecule has 1 N–H and O–H groups in total. The lowest BCUT2D eigenvalue weighted by molar-refractivity contribution is 0.558. The van der Waals surface area contributed by atoms with E-state index in [1.807, 2.05) is 54.9 Å². The molecule has 3 heterocycles. The molecule has 0 aliphatic carbocycles. The fraction of sp³-hybridized carbons (Fsp3) is 0.182. The number of halogens is 2. The Bertz CT molecular complexity index is 1120. The predicted molar refractivity (Wildman–Crippen MR) is 107 cm³/mol. The SMILES string of the molecule is Cc1c(C(C)NCc2cccn2-c2ccccn2)cnn1-c1ccc(F)cc1F. The summed E-state index contributed by atoms with van der Waals surface area (Å²) in [5.41, 5.74) is 3.05. The summed E-state index contributed by atoms with van der Waals surface area (Å²) in [7, 11) is 0. The first kappa shape index (κ1) is 19.0. The molecular weight excluding hydrogens is 372 g/mol. The van der Waals surface area contributed by atoms with E-state index in [-0.39, 0.29) is 11.7 Å². The van der Waals surface area contributed by atoms with E-state index in [1.165, 1.54) is 16.8 Å². The first-order valence-corrected chi connectivity index (χ1v) is 9.35. The predicted octanol–water partition coefficient (Wildman–Crippen LogP) is 4.50. The largest absolute Gasteiger partial charge is 0.305 e. The molecule has 7 heteroatoms. The number of nitrogens with zero attached hydrogens (tertiary/aromatic N) is 4. The molecule has 1 atom stereocenters. The maximum Gasteiger partial charge on any atom is 0.151 e. The molecule has 0 spiro atoms. The van der Waals surface area contributed by atoms with Gasteiger partial charge < -0.3 is 9.88 Å². The quantitative estimate of drug-likeness (QED) is 0.525. The fourth-order valence-electron chi connectivity index (χ4n) is 3.39. The van der Waals surface area contributed by atoms with Gasteiger partial charge in [0, 0.05) is 48.0 Å². The normalized spacial score (nSPS) is 12.3. The average molecular weight is 393 g/mol. The van der Waals surface area contributed by atoms with E-state index >= 15 is 0 Å². The van der Waals surface area contributed by atoms with E-state index in [1.54, 1.807) is 12.4 Å². The lowest BCUT2D eigenvalue weighted by Gasteiger charge is -2.15. The van der Waals surface area contributed by atoms with Gasteiger partial charge >= 0.3 is 0 Å². The summed E-state index contributed by atoms with van der Waals surface area (Å²) < 4.78 is 30.9. The minimum Gasteiger partial charge on any atom is -0.305 e. The monoisotopic (exact) mass is 393 g/mol. The van der Waals surface area contributed by atoms with Crippen LogP contribution in [0.5, 0.6) is 0 Å². The highest BCUT2D eigenvalue weighted by atomic mass is 19.1. The van der Waals surface area contributed by atoms with E-state index in [0.717, 1.165) is 28.8 Å². The van der Waals surface area contributed by atoms with Crippen LogP contribution < -0.4 is 5.32 Å². The van der Waals surface area contributed by atoms with Crippen molar-refractivity contribution in [3.8, 4) is 11.5 Å².